The van der Waals surface area contributed by atoms with E-state index in [0.717, 1.165) is 24.9 Å². The molecule has 3 heteroatoms. The summed E-state index contributed by atoms with van der Waals surface area (Å²) in [6, 6.07) is 0.694. The Morgan fingerprint density at radius 1 is 1.29 bits per heavy atom. The van der Waals surface area contributed by atoms with Crippen LogP contribution in [-0.4, -0.2) is 16.1 Å². The molecule has 2 aliphatic carbocycles. The van der Waals surface area contributed by atoms with Crippen LogP contribution in [0.5, 0.6) is 0 Å². The van der Waals surface area contributed by atoms with Crippen molar-refractivity contribution in [1.29, 1.82) is 0 Å². The predicted molar refractivity (Wildman–Crippen MR) is 67.0 cm³/mol. The van der Waals surface area contributed by atoms with Gasteiger partial charge in [-0.05, 0) is 38.5 Å². The summed E-state index contributed by atoms with van der Waals surface area (Å²) in [6.45, 7) is 4.52. The molecule has 0 saturated heterocycles. The zero-order valence-corrected chi connectivity index (χ0v) is 10.6. The van der Waals surface area contributed by atoms with Crippen molar-refractivity contribution in [3.05, 3.63) is 17.2 Å². The van der Waals surface area contributed by atoms with Gasteiger partial charge in [-0.25, -0.2) is 4.98 Å². The largest absolute Gasteiger partial charge is 0.328 e. The first-order valence-corrected chi connectivity index (χ1v) is 7.15. The Kier molecular flexibility index (Phi) is 2.13. The first-order valence-electron chi connectivity index (χ1n) is 7.15. The highest BCUT2D eigenvalue weighted by Crippen LogP contribution is 2.46. The second kappa shape index (κ2) is 3.58. The van der Waals surface area contributed by atoms with Crippen molar-refractivity contribution < 1.29 is 0 Å². The molecule has 0 amide bonds. The molecule has 2 saturated carbocycles. The van der Waals surface area contributed by atoms with Crippen LogP contribution in [-0.2, 0) is 13.0 Å². The quantitative estimate of drug-likeness (QED) is 0.865. The SMILES string of the molecule is CC(C1CC1)n1c(C2CC2)nc2c1CCNC2. The number of rotatable bonds is 3. The highest BCUT2D eigenvalue weighted by atomic mass is 15.2. The third-order valence-corrected chi connectivity index (χ3v) is 4.61. The van der Waals surface area contributed by atoms with Gasteiger partial charge in [0.25, 0.3) is 0 Å². The molecule has 17 heavy (non-hydrogen) atoms. The van der Waals surface area contributed by atoms with Gasteiger partial charge < -0.3 is 9.88 Å². The normalized spacial score (nSPS) is 25.7. The molecule has 1 aromatic heterocycles. The number of hydrogen-bond acceptors (Lipinski definition) is 2. The van der Waals surface area contributed by atoms with Crippen LogP contribution in [0.3, 0.4) is 0 Å². The number of imidazole rings is 1. The molecule has 2 fully saturated rings. The van der Waals surface area contributed by atoms with Crippen molar-refractivity contribution in [3.8, 4) is 0 Å². The maximum Gasteiger partial charge on any atom is 0.112 e. The number of fused-ring (bicyclic) bond motifs is 1. The van der Waals surface area contributed by atoms with E-state index in [2.05, 4.69) is 16.8 Å². The standard InChI is InChI=1S/C14H21N3/c1-9(10-2-3-10)17-13-6-7-15-8-12(13)16-14(17)11-4-5-11/h9-11,15H,2-8H2,1H3. The van der Waals surface area contributed by atoms with Gasteiger partial charge in [-0.2, -0.15) is 0 Å². The van der Waals surface area contributed by atoms with E-state index in [4.69, 9.17) is 4.98 Å². The molecular formula is C14H21N3. The first kappa shape index (κ1) is 10.1. The molecule has 92 valence electrons. The molecule has 1 atom stereocenters. The molecule has 1 aromatic rings. The number of nitrogens with zero attached hydrogens (tertiary/aromatic N) is 2. The molecule has 0 radical (unpaired) electrons. The lowest BCUT2D eigenvalue weighted by Crippen LogP contribution is -2.26. The minimum Gasteiger partial charge on any atom is -0.328 e. The number of hydrogen-bond donors (Lipinski definition) is 1. The van der Waals surface area contributed by atoms with E-state index in [-0.39, 0.29) is 0 Å². The molecule has 1 N–H and O–H groups in total. The maximum absolute atomic E-state index is 4.94. The van der Waals surface area contributed by atoms with E-state index >= 15 is 0 Å². The Balaban J connectivity index is 1.79. The highest BCUT2D eigenvalue weighted by Gasteiger charge is 2.37. The van der Waals surface area contributed by atoms with E-state index in [0.29, 0.717) is 6.04 Å². The van der Waals surface area contributed by atoms with Gasteiger partial charge in [0.15, 0.2) is 0 Å². The van der Waals surface area contributed by atoms with E-state index in [1.54, 1.807) is 5.69 Å². The van der Waals surface area contributed by atoms with Gasteiger partial charge in [0.1, 0.15) is 5.82 Å². The van der Waals surface area contributed by atoms with E-state index in [1.807, 2.05) is 0 Å². The summed E-state index contributed by atoms with van der Waals surface area (Å²) < 4.78 is 2.63. The smallest absolute Gasteiger partial charge is 0.112 e. The van der Waals surface area contributed by atoms with Crippen LogP contribution in [0.25, 0.3) is 0 Å². The zero-order chi connectivity index (χ0) is 11.4. The van der Waals surface area contributed by atoms with Crippen LogP contribution < -0.4 is 5.32 Å². The summed E-state index contributed by atoms with van der Waals surface area (Å²) in [6.07, 6.45) is 6.75. The maximum atomic E-state index is 4.94. The predicted octanol–water partition coefficient (Wildman–Crippen LogP) is 2.38. The summed E-state index contributed by atoms with van der Waals surface area (Å²) in [5, 5.41) is 3.45. The fourth-order valence-electron chi connectivity index (χ4n) is 3.23. The fraction of sp³-hybridized carbons (Fsp3) is 0.786. The molecule has 3 aliphatic rings. The molecular weight excluding hydrogens is 210 g/mol. The third-order valence-electron chi connectivity index (χ3n) is 4.61. The van der Waals surface area contributed by atoms with Crippen LogP contribution in [0.15, 0.2) is 0 Å². The van der Waals surface area contributed by atoms with E-state index in [9.17, 15) is 0 Å². The topological polar surface area (TPSA) is 29.9 Å². The second-order valence-electron chi connectivity index (χ2n) is 6.01. The van der Waals surface area contributed by atoms with Crippen LogP contribution in [0.2, 0.25) is 0 Å². The van der Waals surface area contributed by atoms with Crippen molar-refractivity contribution in [1.82, 2.24) is 14.9 Å². The average molecular weight is 231 g/mol. The van der Waals surface area contributed by atoms with E-state index in [1.165, 1.54) is 43.6 Å². The lowest BCUT2D eigenvalue weighted by Gasteiger charge is -2.21. The summed E-state index contributed by atoms with van der Waals surface area (Å²) in [5.41, 5.74) is 2.88. The Morgan fingerprint density at radius 2 is 2.12 bits per heavy atom. The lowest BCUT2D eigenvalue weighted by molar-refractivity contribution is 0.447. The third kappa shape index (κ3) is 1.63. The van der Waals surface area contributed by atoms with E-state index < -0.39 is 0 Å². The van der Waals surface area contributed by atoms with Gasteiger partial charge in [0.05, 0.1) is 5.69 Å². The van der Waals surface area contributed by atoms with Gasteiger partial charge in [-0.15, -0.1) is 0 Å². The molecule has 3 nitrogen and oxygen atoms in total. The van der Waals surface area contributed by atoms with Gasteiger partial charge >= 0.3 is 0 Å². The highest BCUT2D eigenvalue weighted by molar-refractivity contribution is 5.25. The molecule has 4 rings (SSSR count). The van der Waals surface area contributed by atoms with Crippen LogP contribution in [0.4, 0.5) is 0 Å². The van der Waals surface area contributed by atoms with Crippen molar-refractivity contribution in [2.24, 2.45) is 5.92 Å². The summed E-state index contributed by atoms with van der Waals surface area (Å²) in [4.78, 5) is 4.94. The van der Waals surface area contributed by atoms with Gasteiger partial charge in [-0.1, -0.05) is 0 Å². The Hall–Kier alpha value is -0.830. The van der Waals surface area contributed by atoms with Crippen LogP contribution in [0.1, 0.15) is 61.8 Å². The molecule has 1 aliphatic heterocycles. The minimum absolute atomic E-state index is 0.694. The molecule has 0 aromatic carbocycles. The van der Waals surface area contributed by atoms with Crippen molar-refractivity contribution in [3.63, 3.8) is 0 Å². The number of aromatic nitrogens is 2. The van der Waals surface area contributed by atoms with Gasteiger partial charge in [-0.3, -0.25) is 0 Å². The monoisotopic (exact) mass is 231 g/mol. The number of nitrogens with one attached hydrogen (secondary N) is 1. The van der Waals surface area contributed by atoms with Crippen molar-refractivity contribution in [2.45, 2.75) is 57.5 Å². The van der Waals surface area contributed by atoms with Gasteiger partial charge in [0.2, 0.25) is 0 Å². The zero-order valence-electron chi connectivity index (χ0n) is 10.6. The molecule has 0 spiro atoms. The summed E-state index contributed by atoms with van der Waals surface area (Å²) in [5.74, 6) is 3.13. The fourth-order valence-corrected chi connectivity index (χ4v) is 3.23. The van der Waals surface area contributed by atoms with Crippen LogP contribution >= 0.6 is 0 Å². The second-order valence-corrected chi connectivity index (χ2v) is 6.01. The Bertz CT molecular complexity index is 441. The van der Waals surface area contributed by atoms with Crippen molar-refractivity contribution in [2.75, 3.05) is 6.54 Å². The average Bonchev–Trinajstić information content (AvgIpc) is 3.23. The lowest BCUT2D eigenvalue weighted by atomic mass is 10.1. The van der Waals surface area contributed by atoms with Crippen LogP contribution in [0, 0.1) is 5.92 Å². The summed E-state index contributed by atoms with van der Waals surface area (Å²) >= 11 is 0. The molecule has 2 heterocycles. The molecule has 0 bridgehead atoms. The summed E-state index contributed by atoms with van der Waals surface area (Å²) in [7, 11) is 0. The Morgan fingerprint density at radius 3 is 2.82 bits per heavy atom. The van der Waals surface area contributed by atoms with Gasteiger partial charge in [0, 0.05) is 37.2 Å². The minimum atomic E-state index is 0.694. The molecule has 1 unspecified atom stereocenters. The first-order chi connectivity index (χ1) is 8.34. The Labute approximate surface area is 103 Å². The van der Waals surface area contributed by atoms with Crippen molar-refractivity contribution >= 4 is 0 Å².